The lowest BCUT2D eigenvalue weighted by Crippen LogP contribution is -1.83. The van der Waals surface area contributed by atoms with E-state index in [1.54, 1.807) is 0 Å². The van der Waals surface area contributed by atoms with Crippen LogP contribution < -0.4 is 0 Å². The van der Waals surface area contributed by atoms with Gasteiger partial charge in [-0.25, -0.2) is 0 Å². The molecule has 0 aromatic rings. The van der Waals surface area contributed by atoms with Gasteiger partial charge in [-0.3, -0.25) is 0 Å². The van der Waals surface area contributed by atoms with Crippen LogP contribution in [0.15, 0.2) is 12.7 Å². The van der Waals surface area contributed by atoms with Crippen LogP contribution in [-0.4, -0.2) is 17.0 Å². The second-order valence-electron chi connectivity index (χ2n) is 1.13. The van der Waals surface area contributed by atoms with Gasteiger partial charge in [0.05, 0.1) is 0 Å². The van der Waals surface area contributed by atoms with E-state index in [-0.39, 0.29) is 6.16 Å². The Kier molecular flexibility index (Phi) is 3.04. The van der Waals surface area contributed by atoms with Crippen molar-refractivity contribution in [3.8, 4) is 0 Å². The third kappa shape index (κ3) is 2.48. The van der Waals surface area contributed by atoms with Crippen molar-refractivity contribution in [1.29, 1.82) is 0 Å². The normalized spacial score (nSPS) is 10.2. The van der Waals surface area contributed by atoms with Gasteiger partial charge in [-0.2, -0.15) is 4.79 Å². The monoisotopic (exact) mass is 133 g/mol. The van der Waals surface area contributed by atoms with Crippen LogP contribution in [-0.2, 0) is 4.57 Å². The van der Waals surface area contributed by atoms with Gasteiger partial charge in [-0.05, 0) is 6.08 Å². The Bertz CT molecular complexity index is 129. The van der Waals surface area contributed by atoms with Gasteiger partial charge in [-0.15, -0.1) is 0 Å². The Balaban J connectivity index is 3.65. The summed E-state index contributed by atoms with van der Waals surface area (Å²) < 4.78 is 10.2. The molecule has 0 rings (SSSR count). The quantitative estimate of drug-likeness (QED) is 0.470. The zero-order chi connectivity index (χ0) is 6.57. The van der Waals surface area contributed by atoms with Crippen LogP contribution in [0.1, 0.15) is 0 Å². The SMILES string of the molecule is C=CC[P+](=O)C(=O)O. The molecule has 1 unspecified atom stereocenters. The molecule has 0 radical (unpaired) electrons. The molecular weight excluding hydrogens is 127 g/mol. The first-order chi connectivity index (χ1) is 3.68. The number of carbonyl (C=O) groups is 1. The van der Waals surface area contributed by atoms with Crippen LogP contribution in [0.25, 0.3) is 0 Å². The van der Waals surface area contributed by atoms with Gasteiger partial charge in [0.2, 0.25) is 0 Å². The molecule has 4 heteroatoms. The van der Waals surface area contributed by atoms with E-state index in [0.717, 1.165) is 0 Å². The highest BCUT2D eigenvalue weighted by atomic mass is 31.1. The number of carboxylic acid groups (broad SMARTS) is 1. The minimum atomic E-state index is -2.09. The highest BCUT2D eigenvalue weighted by Gasteiger charge is 2.23. The molecule has 0 aliphatic carbocycles. The smallest absolute Gasteiger partial charge is 0.443 e. The summed E-state index contributed by atoms with van der Waals surface area (Å²) in [6.45, 7) is 3.24. The second-order valence-corrected chi connectivity index (χ2v) is 2.64. The lowest BCUT2D eigenvalue weighted by atomic mass is 10.8. The summed E-state index contributed by atoms with van der Waals surface area (Å²) in [7, 11) is -2.09. The van der Waals surface area contributed by atoms with Crippen molar-refractivity contribution in [3.63, 3.8) is 0 Å². The van der Waals surface area contributed by atoms with Crippen molar-refractivity contribution in [3.05, 3.63) is 12.7 Å². The molecule has 1 N–H and O–H groups in total. The van der Waals surface area contributed by atoms with Gasteiger partial charge in [0.15, 0.2) is 6.16 Å². The number of hydrogen-bond donors (Lipinski definition) is 1. The van der Waals surface area contributed by atoms with E-state index < -0.39 is 13.5 Å². The lowest BCUT2D eigenvalue weighted by Gasteiger charge is -1.68. The summed E-state index contributed by atoms with van der Waals surface area (Å²) in [5.41, 5.74) is -1.25. The van der Waals surface area contributed by atoms with Crippen molar-refractivity contribution < 1.29 is 14.5 Å². The maximum absolute atomic E-state index is 10.2. The van der Waals surface area contributed by atoms with Gasteiger partial charge in [-0.1, -0.05) is 11.1 Å². The van der Waals surface area contributed by atoms with E-state index in [0.29, 0.717) is 0 Å². The number of allylic oxidation sites excluding steroid dienone is 1. The number of rotatable bonds is 3. The molecule has 0 bridgehead atoms. The zero-order valence-corrected chi connectivity index (χ0v) is 5.10. The summed E-state index contributed by atoms with van der Waals surface area (Å²) in [5.74, 6) is 0. The maximum atomic E-state index is 10.2. The predicted molar refractivity (Wildman–Crippen MR) is 30.7 cm³/mol. The van der Waals surface area contributed by atoms with Gasteiger partial charge < -0.3 is 5.11 Å². The molecule has 0 spiro atoms. The number of hydrogen-bond acceptors (Lipinski definition) is 2. The topological polar surface area (TPSA) is 54.4 Å². The average molecular weight is 133 g/mol. The largest absolute Gasteiger partial charge is 0.552 e. The van der Waals surface area contributed by atoms with E-state index in [9.17, 15) is 9.36 Å². The molecule has 3 nitrogen and oxygen atoms in total. The summed E-state index contributed by atoms with van der Waals surface area (Å²) >= 11 is 0. The van der Waals surface area contributed by atoms with Crippen LogP contribution in [0.5, 0.6) is 0 Å². The summed E-state index contributed by atoms with van der Waals surface area (Å²) in [6, 6.07) is 0. The third-order valence-electron chi connectivity index (χ3n) is 0.508. The molecule has 0 saturated heterocycles. The standard InChI is InChI=1S/C4H5O3P/c1-2-3-8(7)4(5)6/h2H,1,3H2/p+1. The summed E-state index contributed by atoms with van der Waals surface area (Å²) in [5, 5.41) is 7.98. The predicted octanol–water partition coefficient (Wildman–Crippen LogP) is 1.68. The third-order valence-corrected chi connectivity index (χ3v) is 1.52. The van der Waals surface area contributed by atoms with Gasteiger partial charge >= 0.3 is 13.5 Å². The van der Waals surface area contributed by atoms with E-state index in [2.05, 4.69) is 6.58 Å². The van der Waals surface area contributed by atoms with Crippen molar-refractivity contribution >= 4 is 13.5 Å². The fraction of sp³-hybridized carbons (Fsp3) is 0.250. The van der Waals surface area contributed by atoms with Gasteiger partial charge in [0.1, 0.15) is 0 Å². The molecule has 1 atom stereocenters. The molecule has 8 heavy (non-hydrogen) atoms. The molecule has 44 valence electrons. The maximum Gasteiger partial charge on any atom is 0.552 e. The van der Waals surface area contributed by atoms with Crippen LogP contribution in [0.2, 0.25) is 0 Å². The molecule has 0 aromatic heterocycles. The first-order valence-electron chi connectivity index (χ1n) is 1.97. The fourth-order valence-corrected chi connectivity index (χ4v) is 0.586. The zero-order valence-electron chi connectivity index (χ0n) is 4.20. The van der Waals surface area contributed by atoms with Crippen molar-refractivity contribution in [2.24, 2.45) is 0 Å². The molecular formula is C4H6O3P+. The first-order valence-corrected chi connectivity index (χ1v) is 3.41. The molecule has 0 amide bonds. The molecule has 0 aliphatic rings. The molecule has 0 aromatic carbocycles. The molecule has 0 saturated carbocycles. The fourth-order valence-electron chi connectivity index (χ4n) is 0.195. The Morgan fingerprint density at radius 3 is 2.50 bits per heavy atom. The summed E-state index contributed by atoms with van der Waals surface area (Å²) in [6.07, 6.45) is 1.39. The van der Waals surface area contributed by atoms with Gasteiger partial charge in [0, 0.05) is 0 Å². The second kappa shape index (κ2) is 3.33. The molecule has 0 aliphatic heterocycles. The van der Waals surface area contributed by atoms with Crippen LogP contribution in [0.4, 0.5) is 4.79 Å². The van der Waals surface area contributed by atoms with E-state index in [4.69, 9.17) is 5.11 Å². The van der Waals surface area contributed by atoms with E-state index in [1.165, 1.54) is 6.08 Å². The van der Waals surface area contributed by atoms with Crippen LogP contribution in [0.3, 0.4) is 0 Å². The Morgan fingerprint density at radius 2 is 2.38 bits per heavy atom. The van der Waals surface area contributed by atoms with E-state index in [1.807, 2.05) is 0 Å². The van der Waals surface area contributed by atoms with Crippen molar-refractivity contribution in [2.45, 2.75) is 0 Å². The van der Waals surface area contributed by atoms with Crippen molar-refractivity contribution in [2.75, 3.05) is 6.16 Å². The highest BCUT2D eigenvalue weighted by Crippen LogP contribution is 2.19. The minimum Gasteiger partial charge on any atom is -0.443 e. The molecule has 0 fully saturated rings. The van der Waals surface area contributed by atoms with Gasteiger partial charge in [0.25, 0.3) is 0 Å². The summed E-state index contributed by atoms with van der Waals surface area (Å²) in [4.78, 5) is 9.76. The Labute approximate surface area is 47.8 Å². The van der Waals surface area contributed by atoms with Crippen LogP contribution >= 0.6 is 7.80 Å². The van der Waals surface area contributed by atoms with E-state index >= 15 is 0 Å². The lowest BCUT2D eigenvalue weighted by molar-refractivity contribution is 0.220. The molecule has 0 heterocycles. The highest BCUT2D eigenvalue weighted by molar-refractivity contribution is 7.63. The van der Waals surface area contributed by atoms with Crippen molar-refractivity contribution in [1.82, 2.24) is 0 Å². The first kappa shape index (κ1) is 7.31. The Morgan fingerprint density at radius 1 is 1.88 bits per heavy atom. The van der Waals surface area contributed by atoms with Crippen LogP contribution in [0, 0.1) is 0 Å². The minimum absolute atomic E-state index is 0.0602. The Hall–Kier alpha value is -0.690. The average Bonchev–Trinajstić information content (AvgIpc) is 1.67.